The lowest BCUT2D eigenvalue weighted by atomic mass is 10.0. The van der Waals surface area contributed by atoms with Gasteiger partial charge in [-0.2, -0.15) is 0 Å². The van der Waals surface area contributed by atoms with Gasteiger partial charge in [0.2, 0.25) is 5.91 Å². The molecule has 0 aliphatic carbocycles. The molecule has 5 rings (SSSR count). The lowest BCUT2D eigenvalue weighted by molar-refractivity contribution is -0.129. The number of hydroxylamine groups is 1. The number of hydrogen-bond donors (Lipinski definition) is 5. The second-order valence-electron chi connectivity index (χ2n) is 10.8. The third-order valence-corrected chi connectivity index (χ3v) is 7.92. The SMILES string of the molecule is O=C(CCCCCN(Cc1ccc(-c2cc3c(NCCc4ccccc4)ncnc3[nH]2)cc1)C1CCNCC1)NO. The van der Waals surface area contributed by atoms with Crippen molar-refractivity contribution >= 4 is 22.8 Å². The Morgan fingerprint density at radius 1 is 0.976 bits per heavy atom. The van der Waals surface area contributed by atoms with E-state index < -0.39 is 0 Å². The molecule has 3 heterocycles. The van der Waals surface area contributed by atoms with Crippen LogP contribution in [0, 0.1) is 0 Å². The number of rotatable bonds is 14. The van der Waals surface area contributed by atoms with Crippen LogP contribution in [-0.4, -0.2) is 63.2 Å². The van der Waals surface area contributed by atoms with Gasteiger partial charge in [0.1, 0.15) is 17.8 Å². The minimum absolute atomic E-state index is 0.308. The monoisotopic (exact) mass is 555 g/mol. The molecule has 1 fully saturated rings. The zero-order chi connectivity index (χ0) is 28.3. The van der Waals surface area contributed by atoms with Crippen LogP contribution in [0.15, 0.2) is 67.0 Å². The highest BCUT2D eigenvalue weighted by molar-refractivity contribution is 5.91. The highest BCUT2D eigenvalue weighted by Gasteiger charge is 2.21. The van der Waals surface area contributed by atoms with Crippen molar-refractivity contribution in [3.05, 3.63) is 78.1 Å². The molecule has 0 saturated carbocycles. The maximum atomic E-state index is 11.3. The van der Waals surface area contributed by atoms with Crippen molar-refractivity contribution in [2.45, 2.75) is 57.5 Å². The number of aromatic nitrogens is 3. The summed E-state index contributed by atoms with van der Waals surface area (Å²) in [6.07, 6.45) is 8.02. The molecule has 2 aromatic heterocycles. The highest BCUT2D eigenvalue weighted by atomic mass is 16.5. The predicted octanol–water partition coefficient (Wildman–Crippen LogP) is 4.90. The number of nitrogens with one attached hydrogen (secondary N) is 4. The summed E-state index contributed by atoms with van der Waals surface area (Å²) in [5.41, 5.74) is 7.29. The molecule has 1 amide bonds. The molecule has 0 spiro atoms. The van der Waals surface area contributed by atoms with E-state index in [1.54, 1.807) is 11.8 Å². The fraction of sp³-hybridized carbons (Fsp3) is 0.406. The van der Waals surface area contributed by atoms with Crippen LogP contribution in [0.5, 0.6) is 0 Å². The number of unbranched alkanes of at least 4 members (excludes halogenated alkanes) is 2. The second kappa shape index (κ2) is 14.7. The minimum atomic E-state index is -0.308. The standard InChI is InChI=1S/C32H41N7O2/c40-30(38-41)9-5-2-6-20-39(27-15-17-33-18-16-27)22-25-10-12-26(13-11-25)29-21-28-31(35-23-36-32(28)37-29)34-19-14-24-7-3-1-4-8-24/h1,3-4,7-8,10-13,21,23,27,33,41H,2,5-6,9,14-20,22H2,(H,38,40)(H2,34,35,36,37). The Morgan fingerprint density at radius 3 is 2.56 bits per heavy atom. The fourth-order valence-electron chi connectivity index (χ4n) is 5.63. The van der Waals surface area contributed by atoms with Crippen LogP contribution >= 0.6 is 0 Å². The Morgan fingerprint density at radius 2 is 1.78 bits per heavy atom. The molecular weight excluding hydrogens is 514 g/mol. The number of anilines is 1. The van der Waals surface area contributed by atoms with Crippen molar-refractivity contribution in [1.82, 2.24) is 30.6 Å². The Hall–Kier alpha value is -3.79. The third kappa shape index (κ3) is 8.13. The number of hydrogen-bond acceptors (Lipinski definition) is 7. The van der Waals surface area contributed by atoms with Gasteiger partial charge in [0.05, 0.1) is 5.39 Å². The number of nitrogens with zero attached hydrogens (tertiary/aromatic N) is 3. The van der Waals surface area contributed by atoms with E-state index in [1.807, 2.05) is 6.07 Å². The molecule has 216 valence electrons. The van der Waals surface area contributed by atoms with Gasteiger partial charge in [0.25, 0.3) is 0 Å². The Labute approximate surface area is 241 Å². The van der Waals surface area contributed by atoms with E-state index in [0.29, 0.717) is 12.5 Å². The largest absolute Gasteiger partial charge is 0.369 e. The molecule has 2 aromatic carbocycles. The molecule has 9 nitrogen and oxygen atoms in total. The van der Waals surface area contributed by atoms with Gasteiger partial charge in [-0.1, -0.05) is 61.0 Å². The Bertz CT molecular complexity index is 1370. The van der Waals surface area contributed by atoms with E-state index in [2.05, 4.69) is 85.1 Å². The molecule has 0 bridgehead atoms. The quantitative estimate of drug-likeness (QED) is 0.0853. The van der Waals surface area contributed by atoms with Crippen LogP contribution in [0.4, 0.5) is 5.82 Å². The number of H-pyrrole nitrogens is 1. The van der Waals surface area contributed by atoms with Gasteiger partial charge in [-0.25, -0.2) is 15.4 Å². The van der Waals surface area contributed by atoms with E-state index in [9.17, 15) is 4.79 Å². The van der Waals surface area contributed by atoms with Crippen molar-refractivity contribution in [2.24, 2.45) is 0 Å². The second-order valence-corrected chi connectivity index (χ2v) is 10.8. The lowest BCUT2D eigenvalue weighted by Crippen LogP contribution is -2.43. The summed E-state index contributed by atoms with van der Waals surface area (Å²) >= 11 is 0. The summed E-state index contributed by atoms with van der Waals surface area (Å²) in [6, 6.07) is 22.0. The number of aromatic amines is 1. The first kappa shape index (κ1) is 28.7. The molecule has 0 unspecified atom stereocenters. The van der Waals surface area contributed by atoms with Crippen LogP contribution < -0.4 is 16.1 Å². The molecular formula is C32H41N7O2. The zero-order valence-electron chi connectivity index (χ0n) is 23.6. The molecule has 5 N–H and O–H groups in total. The fourth-order valence-corrected chi connectivity index (χ4v) is 5.63. The number of fused-ring (bicyclic) bond motifs is 1. The van der Waals surface area contributed by atoms with Crippen molar-refractivity contribution in [3.63, 3.8) is 0 Å². The smallest absolute Gasteiger partial charge is 0.243 e. The summed E-state index contributed by atoms with van der Waals surface area (Å²) in [5, 5.41) is 16.7. The van der Waals surface area contributed by atoms with Crippen molar-refractivity contribution in [2.75, 3.05) is 31.5 Å². The first-order valence-corrected chi connectivity index (χ1v) is 14.8. The summed E-state index contributed by atoms with van der Waals surface area (Å²) in [5.74, 6) is 0.539. The maximum Gasteiger partial charge on any atom is 0.243 e. The van der Waals surface area contributed by atoms with Gasteiger partial charge in [0.15, 0.2) is 0 Å². The van der Waals surface area contributed by atoms with Crippen LogP contribution in [0.2, 0.25) is 0 Å². The summed E-state index contributed by atoms with van der Waals surface area (Å²) < 4.78 is 0. The van der Waals surface area contributed by atoms with E-state index in [4.69, 9.17) is 5.21 Å². The summed E-state index contributed by atoms with van der Waals surface area (Å²) in [6.45, 7) is 4.84. The third-order valence-electron chi connectivity index (χ3n) is 7.92. The number of carbonyl (C=O) groups excluding carboxylic acids is 1. The highest BCUT2D eigenvalue weighted by Crippen LogP contribution is 2.27. The van der Waals surface area contributed by atoms with Crippen molar-refractivity contribution in [1.29, 1.82) is 0 Å². The maximum absolute atomic E-state index is 11.3. The molecule has 1 saturated heterocycles. The molecule has 0 radical (unpaired) electrons. The topological polar surface area (TPSA) is 118 Å². The van der Waals surface area contributed by atoms with E-state index in [1.165, 1.54) is 11.1 Å². The van der Waals surface area contributed by atoms with Crippen LogP contribution in [0.1, 0.15) is 49.7 Å². The number of benzene rings is 2. The van der Waals surface area contributed by atoms with E-state index in [-0.39, 0.29) is 5.91 Å². The lowest BCUT2D eigenvalue weighted by Gasteiger charge is -2.35. The predicted molar refractivity (Wildman–Crippen MR) is 163 cm³/mol. The summed E-state index contributed by atoms with van der Waals surface area (Å²) in [7, 11) is 0. The van der Waals surface area contributed by atoms with Crippen LogP contribution in [0.25, 0.3) is 22.3 Å². The average Bonchev–Trinajstić information content (AvgIpc) is 3.47. The molecule has 1 aliphatic heterocycles. The summed E-state index contributed by atoms with van der Waals surface area (Å²) in [4.78, 5) is 26.3. The number of piperidine rings is 1. The van der Waals surface area contributed by atoms with Gasteiger partial charge in [-0.05, 0) is 74.5 Å². The molecule has 0 atom stereocenters. The normalized spacial score (nSPS) is 14.0. The zero-order valence-corrected chi connectivity index (χ0v) is 23.6. The van der Waals surface area contributed by atoms with Crippen molar-refractivity contribution in [3.8, 4) is 11.3 Å². The van der Waals surface area contributed by atoms with Gasteiger partial charge in [-0.3, -0.25) is 14.9 Å². The molecule has 41 heavy (non-hydrogen) atoms. The first-order chi connectivity index (χ1) is 20.2. The molecule has 9 heteroatoms. The Kier molecular flexibility index (Phi) is 10.3. The van der Waals surface area contributed by atoms with Crippen LogP contribution in [0.3, 0.4) is 0 Å². The number of amides is 1. The average molecular weight is 556 g/mol. The van der Waals surface area contributed by atoms with E-state index in [0.717, 1.165) is 99.4 Å². The van der Waals surface area contributed by atoms with Crippen LogP contribution in [-0.2, 0) is 17.8 Å². The van der Waals surface area contributed by atoms with E-state index >= 15 is 0 Å². The van der Waals surface area contributed by atoms with Gasteiger partial charge in [-0.15, -0.1) is 0 Å². The number of carbonyl (C=O) groups is 1. The van der Waals surface area contributed by atoms with Gasteiger partial charge in [0, 0.05) is 31.2 Å². The molecule has 1 aliphatic rings. The van der Waals surface area contributed by atoms with Gasteiger partial charge >= 0.3 is 0 Å². The first-order valence-electron chi connectivity index (χ1n) is 14.8. The Balaban J connectivity index is 1.21. The molecule has 4 aromatic rings. The minimum Gasteiger partial charge on any atom is -0.369 e. The van der Waals surface area contributed by atoms with Crippen molar-refractivity contribution < 1.29 is 10.0 Å². The van der Waals surface area contributed by atoms with Gasteiger partial charge < -0.3 is 15.6 Å².